The van der Waals surface area contributed by atoms with Crippen LogP contribution in [0.4, 0.5) is 0 Å². The van der Waals surface area contributed by atoms with E-state index in [2.05, 4.69) is 0 Å². The van der Waals surface area contributed by atoms with Gasteiger partial charge in [0.2, 0.25) is 6.10 Å². The Bertz CT molecular complexity index is 806. The molecule has 0 saturated carbocycles. The zero-order chi connectivity index (χ0) is 17.8. The third kappa shape index (κ3) is 4.24. The van der Waals surface area contributed by atoms with Gasteiger partial charge in [-0.2, -0.15) is 0 Å². The van der Waals surface area contributed by atoms with Gasteiger partial charge in [-0.15, -0.1) is 0 Å². The Morgan fingerprint density at radius 2 is 2.00 bits per heavy atom. The summed E-state index contributed by atoms with van der Waals surface area (Å²) >= 11 is 12.0. The van der Waals surface area contributed by atoms with Crippen molar-refractivity contribution in [3.8, 4) is 5.75 Å². The van der Waals surface area contributed by atoms with Crippen LogP contribution in [0, 0.1) is 0 Å². The molecule has 1 unspecified atom stereocenters. The highest BCUT2D eigenvalue weighted by Gasteiger charge is 2.31. The van der Waals surface area contributed by atoms with Gasteiger partial charge in [-0.25, -0.2) is 9.59 Å². The van der Waals surface area contributed by atoms with Gasteiger partial charge in [0.25, 0.3) is 0 Å². The smallest absolute Gasteiger partial charge is 0.347 e. The number of ether oxygens (including phenoxy) is 3. The Labute approximate surface area is 154 Å². The molecule has 1 aliphatic rings. The molecule has 1 aliphatic heterocycles. The fourth-order valence-corrected chi connectivity index (χ4v) is 2.80. The second-order valence-electron chi connectivity index (χ2n) is 5.37. The van der Waals surface area contributed by atoms with E-state index >= 15 is 0 Å². The molecule has 1 atom stereocenters. The molecule has 0 bridgehead atoms. The summed E-state index contributed by atoms with van der Waals surface area (Å²) < 4.78 is 15.7. The molecule has 130 valence electrons. The van der Waals surface area contributed by atoms with Crippen molar-refractivity contribution < 1.29 is 23.8 Å². The van der Waals surface area contributed by atoms with Crippen LogP contribution in [0.3, 0.4) is 0 Å². The average Bonchev–Trinajstić information content (AvgIpc) is 2.99. The largest absolute Gasteiger partial charge is 0.488 e. The maximum Gasteiger partial charge on any atom is 0.347 e. The van der Waals surface area contributed by atoms with Crippen LogP contribution in [0.1, 0.15) is 22.3 Å². The molecule has 1 fully saturated rings. The summed E-state index contributed by atoms with van der Waals surface area (Å²) in [6.07, 6.45) is -0.514. The number of para-hydroxylation sites is 1. The Balaban J connectivity index is 1.72. The van der Waals surface area contributed by atoms with Crippen molar-refractivity contribution in [1.82, 2.24) is 0 Å². The van der Waals surface area contributed by atoms with Crippen LogP contribution in [0.15, 0.2) is 42.5 Å². The highest BCUT2D eigenvalue weighted by atomic mass is 35.5. The van der Waals surface area contributed by atoms with Crippen molar-refractivity contribution in [3.63, 3.8) is 0 Å². The van der Waals surface area contributed by atoms with Gasteiger partial charge in [-0.05, 0) is 24.3 Å². The molecular formula is C18H14Cl2O5. The summed E-state index contributed by atoms with van der Waals surface area (Å²) in [5.74, 6) is -0.828. The summed E-state index contributed by atoms with van der Waals surface area (Å²) in [5, 5.41) is 1.00. The second-order valence-corrected chi connectivity index (χ2v) is 6.21. The van der Waals surface area contributed by atoms with Crippen LogP contribution in [-0.2, 0) is 20.9 Å². The number of carbonyl (C=O) groups is 2. The van der Waals surface area contributed by atoms with Crippen molar-refractivity contribution in [2.24, 2.45) is 0 Å². The summed E-state index contributed by atoms with van der Waals surface area (Å²) in [7, 11) is 0. The van der Waals surface area contributed by atoms with Gasteiger partial charge in [0, 0.05) is 22.0 Å². The fourth-order valence-electron chi connectivity index (χ4n) is 2.33. The lowest BCUT2D eigenvalue weighted by Gasteiger charge is -2.13. The van der Waals surface area contributed by atoms with Gasteiger partial charge in [-0.3, -0.25) is 0 Å². The van der Waals surface area contributed by atoms with Crippen LogP contribution in [0.2, 0.25) is 10.0 Å². The van der Waals surface area contributed by atoms with Gasteiger partial charge in [0.05, 0.1) is 6.61 Å². The summed E-state index contributed by atoms with van der Waals surface area (Å²) in [6, 6.07) is 11.7. The van der Waals surface area contributed by atoms with E-state index in [0.29, 0.717) is 22.2 Å². The molecule has 1 heterocycles. The number of cyclic esters (lactones) is 1. The molecule has 0 aliphatic carbocycles. The maximum absolute atomic E-state index is 12.3. The lowest BCUT2D eigenvalue weighted by molar-refractivity contribution is -0.145. The minimum absolute atomic E-state index is 0.158. The zero-order valence-corrected chi connectivity index (χ0v) is 14.5. The van der Waals surface area contributed by atoms with Crippen molar-refractivity contribution >= 4 is 35.1 Å². The van der Waals surface area contributed by atoms with E-state index in [9.17, 15) is 9.59 Å². The maximum atomic E-state index is 12.3. The van der Waals surface area contributed by atoms with Crippen LogP contribution < -0.4 is 4.74 Å². The average molecular weight is 381 g/mol. The number of hydrogen-bond donors (Lipinski definition) is 0. The van der Waals surface area contributed by atoms with Crippen LogP contribution in [0.5, 0.6) is 5.75 Å². The number of halogens is 2. The van der Waals surface area contributed by atoms with Gasteiger partial charge in [-0.1, -0.05) is 41.4 Å². The summed E-state index contributed by atoms with van der Waals surface area (Å²) in [5.41, 5.74) is 0.959. The van der Waals surface area contributed by atoms with Crippen LogP contribution >= 0.6 is 23.2 Å². The molecule has 0 aromatic heterocycles. The third-order valence-electron chi connectivity index (χ3n) is 3.64. The Morgan fingerprint density at radius 1 is 1.20 bits per heavy atom. The molecule has 25 heavy (non-hydrogen) atoms. The molecular weight excluding hydrogens is 367 g/mol. The Kier molecular flexibility index (Phi) is 5.46. The molecule has 0 spiro atoms. The SMILES string of the molecule is O=C(OC1CCOC1=O)c1ccccc1OCc1ccc(Cl)cc1Cl. The van der Waals surface area contributed by atoms with Crippen molar-refractivity contribution in [2.75, 3.05) is 6.61 Å². The van der Waals surface area contributed by atoms with Crippen molar-refractivity contribution in [2.45, 2.75) is 19.1 Å². The molecule has 3 rings (SSSR count). The molecule has 7 heteroatoms. The topological polar surface area (TPSA) is 61.8 Å². The summed E-state index contributed by atoms with van der Waals surface area (Å²) in [4.78, 5) is 23.8. The lowest BCUT2D eigenvalue weighted by Crippen LogP contribution is -2.23. The number of hydrogen-bond acceptors (Lipinski definition) is 5. The molecule has 5 nitrogen and oxygen atoms in total. The lowest BCUT2D eigenvalue weighted by atomic mass is 10.2. The van der Waals surface area contributed by atoms with E-state index in [4.69, 9.17) is 37.4 Å². The molecule has 2 aromatic rings. The first-order valence-corrected chi connectivity index (χ1v) is 8.33. The predicted molar refractivity (Wildman–Crippen MR) is 92.0 cm³/mol. The van der Waals surface area contributed by atoms with E-state index in [1.807, 2.05) is 0 Å². The number of benzene rings is 2. The minimum atomic E-state index is -0.869. The van der Waals surface area contributed by atoms with Gasteiger partial charge in [0.15, 0.2) is 0 Å². The van der Waals surface area contributed by atoms with Crippen molar-refractivity contribution in [3.05, 3.63) is 63.6 Å². The minimum Gasteiger partial charge on any atom is -0.488 e. The van der Waals surface area contributed by atoms with Gasteiger partial charge in [0.1, 0.15) is 17.9 Å². The monoisotopic (exact) mass is 380 g/mol. The van der Waals surface area contributed by atoms with Gasteiger partial charge >= 0.3 is 11.9 Å². The quantitative estimate of drug-likeness (QED) is 0.732. The molecule has 0 radical (unpaired) electrons. The number of carbonyl (C=O) groups excluding carboxylic acids is 2. The predicted octanol–water partition coefficient (Wildman–Crippen LogP) is 4.04. The van der Waals surface area contributed by atoms with Crippen LogP contribution in [-0.4, -0.2) is 24.6 Å². The van der Waals surface area contributed by atoms with E-state index in [-0.39, 0.29) is 18.8 Å². The Morgan fingerprint density at radius 3 is 2.72 bits per heavy atom. The Hall–Kier alpha value is -2.24. The highest BCUT2D eigenvalue weighted by Crippen LogP contribution is 2.25. The second kappa shape index (κ2) is 7.76. The molecule has 0 amide bonds. The fraction of sp³-hybridized carbons (Fsp3) is 0.222. The molecule has 0 N–H and O–H groups in total. The number of rotatable bonds is 5. The zero-order valence-electron chi connectivity index (χ0n) is 13.0. The highest BCUT2D eigenvalue weighted by molar-refractivity contribution is 6.35. The van der Waals surface area contributed by atoms with Gasteiger partial charge < -0.3 is 14.2 Å². The standard InChI is InChI=1S/C18H14Cl2O5/c19-12-6-5-11(14(20)9-12)10-24-15-4-2-1-3-13(15)17(21)25-16-7-8-23-18(16)22/h1-6,9,16H,7-8,10H2. The molecule has 2 aromatic carbocycles. The molecule has 1 saturated heterocycles. The van der Waals surface area contributed by atoms with Crippen LogP contribution in [0.25, 0.3) is 0 Å². The first kappa shape index (κ1) is 17.6. The van der Waals surface area contributed by atoms with E-state index in [0.717, 1.165) is 5.56 Å². The van der Waals surface area contributed by atoms with Crippen molar-refractivity contribution in [1.29, 1.82) is 0 Å². The first-order chi connectivity index (χ1) is 12.0. The van der Waals surface area contributed by atoms with E-state index < -0.39 is 18.0 Å². The number of esters is 2. The van der Waals surface area contributed by atoms with E-state index in [1.54, 1.807) is 42.5 Å². The normalized spacial score (nSPS) is 16.4. The van der Waals surface area contributed by atoms with E-state index in [1.165, 1.54) is 0 Å². The third-order valence-corrected chi connectivity index (χ3v) is 4.23. The summed E-state index contributed by atoms with van der Waals surface area (Å²) in [6.45, 7) is 0.412. The first-order valence-electron chi connectivity index (χ1n) is 7.58.